The summed E-state index contributed by atoms with van der Waals surface area (Å²) in [5, 5.41) is 12.2. The van der Waals surface area contributed by atoms with Crippen molar-refractivity contribution in [3.63, 3.8) is 0 Å². The maximum Gasteiger partial charge on any atom is 0.416 e. The van der Waals surface area contributed by atoms with Crippen LogP contribution in [0.1, 0.15) is 31.4 Å². The van der Waals surface area contributed by atoms with Crippen LogP contribution in [-0.4, -0.2) is 63.5 Å². The lowest BCUT2D eigenvalue weighted by atomic mass is 10.0. The van der Waals surface area contributed by atoms with Crippen molar-refractivity contribution in [2.45, 2.75) is 51.1 Å². The molecule has 0 spiro atoms. The number of carbonyl (C=O) groups excluding carboxylic acids is 3. The minimum atomic E-state index is -4.96. The monoisotopic (exact) mass is 503 g/mol. The van der Waals surface area contributed by atoms with Crippen LogP contribution in [0.15, 0.2) is 66.9 Å². The molecule has 0 saturated carbocycles. The first-order valence-electron chi connectivity index (χ1n) is 11.5. The SMILES string of the molecule is CCC1C(=O)N(CC(=O)NC(Cc2ccccc2)C(O)C(F)(F)F)C(c2ccccc2)=CN1C(C)=O. The van der Waals surface area contributed by atoms with E-state index in [4.69, 9.17) is 0 Å². The molecule has 10 heteroatoms. The lowest BCUT2D eigenvalue weighted by Crippen LogP contribution is -2.56. The maximum atomic E-state index is 13.4. The van der Waals surface area contributed by atoms with E-state index in [0.717, 1.165) is 4.90 Å². The highest BCUT2D eigenvalue weighted by Gasteiger charge is 2.44. The number of halogens is 3. The summed E-state index contributed by atoms with van der Waals surface area (Å²) in [7, 11) is 0. The van der Waals surface area contributed by atoms with Gasteiger partial charge in [-0.05, 0) is 24.0 Å². The third kappa shape index (κ3) is 6.31. The molecule has 3 atom stereocenters. The molecule has 2 N–H and O–H groups in total. The second-order valence-corrected chi connectivity index (χ2v) is 8.51. The highest BCUT2D eigenvalue weighted by molar-refractivity contribution is 5.99. The predicted octanol–water partition coefficient (Wildman–Crippen LogP) is 3.11. The van der Waals surface area contributed by atoms with Crippen LogP contribution in [0.25, 0.3) is 5.70 Å². The van der Waals surface area contributed by atoms with E-state index in [2.05, 4.69) is 5.32 Å². The highest BCUT2D eigenvalue weighted by Crippen LogP contribution is 2.29. The molecule has 1 heterocycles. The van der Waals surface area contributed by atoms with Crippen LogP contribution < -0.4 is 5.32 Å². The van der Waals surface area contributed by atoms with Crippen LogP contribution in [0.3, 0.4) is 0 Å². The third-order valence-corrected chi connectivity index (χ3v) is 5.92. The van der Waals surface area contributed by atoms with Gasteiger partial charge in [-0.15, -0.1) is 0 Å². The summed E-state index contributed by atoms with van der Waals surface area (Å²) < 4.78 is 40.1. The molecule has 3 rings (SSSR count). The molecule has 1 aliphatic heterocycles. The van der Waals surface area contributed by atoms with Crippen molar-refractivity contribution < 1.29 is 32.7 Å². The van der Waals surface area contributed by atoms with Crippen molar-refractivity contribution in [2.24, 2.45) is 0 Å². The van der Waals surface area contributed by atoms with Gasteiger partial charge in [-0.3, -0.25) is 19.3 Å². The van der Waals surface area contributed by atoms with E-state index in [1.54, 1.807) is 67.6 Å². The molecule has 3 amide bonds. The molecule has 0 saturated heterocycles. The number of nitrogens with zero attached hydrogens (tertiary/aromatic N) is 2. The van der Waals surface area contributed by atoms with Gasteiger partial charge in [0.1, 0.15) is 12.6 Å². The smallest absolute Gasteiger partial charge is 0.382 e. The lowest BCUT2D eigenvalue weighted by Gasteiger charge is -2.39. The van der Waals surface area contributed by atoms with Gasteiger partial charge in [0.05, 0.1) is 11.7 Å². The van der Waals surface area contributed by atoms with Crippen molar-refractivity contribution in [1.29, 1.82) is 0 Å². The van der Waals surface area contributed by atoms with Crippen molar-refractivity contribution >= 4 is 23.4 Å². The van der Waals surface area contributed by atoms with Gasteiger partial charge in [0.2, 0.25) is 11.8 Å². The average Bonchev–Trinajstić information content (AvgIpc) is 2.84. The normalized spacial score (nSPS) is 17.9. The second kappa shape index (κ2) is 11.4. The molecule has 2 aromatic carbocycles. The van der Waals surface area contributed by atoms with E-state index in [0.29, 0.717) is 11.1 Å². The van der Waals surface area contributed by atoms with E-state index in [1.165, 1.54) is 18.0 Å². The fraction of sp³-hybridized carbons (Fsp3) is 0.346. The minimum absolute atomic E-state index is 0.266. The topological polar surface area (TPSA) is 89.9 Å². The summed E-state index contributed by atoms with van der Waals surface area (Å²) in [6.07, 6.45) is -6.28. The Labute approximate surface area is 207 Å². The van der Waals surface area contributed by atoms with Crippen LogP contribution in [0.5, 0.6) is 0 Å². The van der Waals surface area contributed by atoms with E-state index >= 15 is 0 Å². The van der Waals surface area contributed by atoms with Crippen molar-refractivity contribution in [1.82, 2.24) is 15.1 Å². The molecule has 7 nitrogen and oxygen atoms in total. The molecular weight excluding hydrogens is 475 g/mol. The van der Waals surface area contributed by atoms with Crippen LogP contribution in [-0.2, 0) is 20.8 Å². The Bertz CT molecular complexity index is 1110. The summed E-state index contributed by atoms with van der Waals surface area (Å²) >= 11 is 0. The van der Waals surface area contributed by atoms with Crippen molar-refractivity contribution in [2.75, 3.05) is 6.54 Å². The van der Waals surface area contributed by atoms with Gasteiger partial charge >= 0.3 is 6.18 Å². The molecule has 0 aromatic heterocycles. The number of amides is 3. The van der Waals surface area contributed by atoms with Crippen LogP contribution in [0, 0.1) is 0 Å². The highest BCUT2D eigenvalue weighted by atomic mass is 19.4. The largest absolute Gasteiger partial charge is 0.416 e. The number of alkyl halides is 3. The quantitative estimate of drug-likeness (QED) is 0.580. The van der Waals surface area contributed by atoms with Gasteiger partial charge in [-0.1, -0.05) is 67.6 Å². The van der Waals surface area contributed by atoms with E-state index < -0.39 is 42.7 Å². The van der Waals surface area contributed by atoms with E-state index in [-0.39, 0.29) is 24.4 Å². The number of hydrogen-bond donors (Lipinski definition) is 2. The van der Waals surface area contributed by atoms with Gasteiger partial charge in [0.25, 0.3) is 5.91 Å². The summed E-state index contributed by atoms with van der Waals surface area (Å²) in [6, 6.07) is 14.2. The number of aliphatic hydroxyl groups excluding tert-OH is 1. The molecule has 0 fully saturated rings. The maximum absolute atomic E-state index is 13.4. The Hall–Kier alpha value is -3.66. The molecule has 0 bridgehead atoms. The first kappa shape index (κ1) is 26.9. The summed E-state index contributed by atoms with van der Waals surface area (Å²) in [6.45, 7) is 2.45. The van der Waals surface area contributed by atoms with Gasteiger partial charge in [-0.2, -0.15) is 13.2 Å². The molecule has 0 aliphatic carbocycles. The van der Waals surface area contributed by atoms with Gasteiger partial charge in [0, 0.05) is 13.1 Å². The average molecular weight is 504 g/mol. The number of aliphatic hydroxyl groups is 1. The Balaban J connectivity index is 1.90. The Morgan fingerprint density at radius 2 is 1.64 bits per heavy atom. The zero-order chi connectivity index (χ0) is 26.5. The van der Waals surface area contributed by atoms with Gasteiger partial charge < -0.3 is 15.3 Å². The number of rotatable bonds is 8. The number of hydrogen-bond acceptors (Lipinski definition) is 4. The summed E-state index contributed by atoms with van der Waals surface area (Å²) in [5.41, 5.74) is 1.32. The first-order valence-corrected chi connectivity index (χ1v) is 11.5. The standard InChI is InChI=1S/C26H28F3N3O4/c1-3-21-25(36)32(22(15-31(21)17(2)33)19-12-8-5-9-13-19)16-23(34)30-20(24(35)26(27,28)29)14-18-10-6-4-7-11-18/h4-13,15,20-21,24,35H,3,14,16H2,1-2H3,(H,30,34). The summed E-state index contributed by atoms with van der Waals surface area (Å²) in [4.78, 5) is 41.0. The Morgan fingerprint density at radius 1 is 1.06 bits per heavy atom. The van der Waals surface area contributed by atoms with Crippen LogP contribution in [0.2, 0.25) is 0 Å². The number of nitrogens with one attached hydrogen (secondary N) is 1. The van der Waals surface area contributed by atoms with Gasteiger partial charge in [-0.25, -0.2) is 0 Å². The predicted molar refractivity (Wildman–Crippen MR) is 127 cm³/mol. The molecule has 0 radical (unpaired) electrons. The second-order valence-electron chi connectivity index (χ2n) is 8.51. The van der Waals surface area contributed by atoms with Gasteiger partial charge in [0.15, 0.2) is 6.10 Å². The Kier molecular flexibility index (Phi) is 8.52. The van der Waals surface area contributed by atoms with E-state index in [1.807, 2.05) is 0 Å². The van der Waals surface area contributed by atoms with Crippen molar-refractivity contribution in [3.8, 4) is 0 Å². The molecule has 192 valence electrons. The van der Waals surface area contributed by atoms with Crippen LogP contribution in [0.4, 0.5) is 13.2 Å². The zero-order valence-electron chi connectivity index (χ0n) is 19.9. The molecule has 36 heavy (non-hydrogen) atoms. The molecule has 1 aliphatic rings. The lowest BCUT2D eigenvalue weighted by molar-refractivity contribution is -0.212. The molecule has 3 unspecified atom stereocenters. The third-order valence-electron chi connectivity index (χ3n) is 5.92. The zero-order valence-corrected chi connectivity index (χ0v) is 19.9. The first-order chi connectivity index (χ1) is 17.0. The fourth-order valence-electron chi connectivity index (χ4n) is 4.13. The van der Waals surface area contributed by atoms with Crippen LogP contribution >= 0.6 is 0 Å². The van der Waals surface area contributed by atoms with E-state index in [9.17, 15) is 32.7 Å². The van der Waals surface area contributed by atoms with Crippen molar-refractivity contribution in [3.05, 3.63) is 78.0 Å². The number of carbonyl (C=O) groups is 3. The molecular formula is C26H28F3N3O4. The minimum Gasteiger partial charge on any atom is -0.382 e. The fourth-order valence-corrected chi connectivity index (χ4v) is 4.13. The Morgan fingerprint density at radius 3 is 2.17 bits per heavy atom. The molecule has 2 aromatic rings. The number of benzene rings is 2. The summed E-state index contributed by atoms with van der Waals surface area (Å²) in [5.74, 6) is -1.76.